The number of carbonyl (C=O) groups excluding carboxylic acids is 8. The van der Waals surface area contributed by atoms with E-state index in [2.05, 4.69) is 46.6 Å². The minimum absolute atomic E-state index is 0.127. The van der Waals surface area contributed by atoms with Crippen LogP contribution in [-0.4, -0.2) is 163 Å². The maximum Gasteiger partial charge on any atom is 0.305 e. The number of hydrogen-bond donors (Lipinski definition) is 8. The second kappa shape index (κ2) is 57.3. The lowest BCUT2D eigenvalue weighted by Crippen LogP contribution is -2.23. The fourth-order valence-electron chi connectivity index (χ4n) is 15.3. The Morgan fingerprint density at radius 2 is 0.491 bits per heavy atom. The average Bonchev–Trinajstić information content (AvgIpc) is 1.71. The zero-order chi connectivity index (χ0) is 81.1. The Kier molecular flexibility index (Phi) is 53.7. The van der Waals surface area contributed by atoms with Gasteiger partial charge in [-0.1, -0.05) is 205 Å². The molecule has 0 amide bonds. The highest BCUT2D eigenvalue weighted by Crippen LogP contribution is 2.39. The molecule has 4 fully saturated rings. The number of aliphatic hydroxyl groups is 8. The lowest BCUT2D eigenvalue weighted by Gasteiger charge is -2.22. The first kappa shape index (κ1) is 101. The molecule has 0 heterocycles. The SMILES string of the molecule is CCCC[C@@](C)(O)C/C=C/[C@H]1[C@H](CCCCCCC(=O)OC)C(=O)C[C@@H]1O.CCCC[C@@](C)(O)C/C=C/[C@H]1[C@H](O)CC(=O)[C@@H]1CCCCCCC(=O)OC.CCCC[C@](C)(O)C/C=C/[C@H]1[C@H](CCCCCCC(=O)OC)C(=O)C[C@@H]1O.CCCC[C@](C)(O)C/C=C/[C@H]1[C@H](O)CC(=O)[C@@H]1CCCCCCC(=O)OC. The van der Waals surface area contributed by atoms with E-state index in [0.717, 1.165) is 205 Å². The Bertz CT molecular complexity index is 2280. The van der Waals surface area contributed by atoms with Crippen molar-refractivity contribution in [3.63, 3.8) is 0 Å². The number of methoxy groups -OCH3 is 4. The molecule has 16 atom stereocenters. The second-order valence-corrected chi connectivity index (χ2v) is 32.7. The highest BCUT2D eigenvalue weighted by Gasteiger charge is 2.43. The Morgan fingerprint density at radius 1 is 0.315 bits per heavy atom. The van der Waals surface area contributed by atoms with Crippen LogP contribution in [0.3, 0.4) is 0 Å². The van der Waals surface area contributed by atoms with E-state index in [4.69, 9.17) is 0 Å². The first-order chi connectivity index (χ1) is 51.2. The number of hydrogen-bond acceptors (Lipinski definition) is 20. The third-order valence-corrected chi connectivity index (χ3v) is 22.4. The van der Waals surface area contributed by atoms with Crippen LogP contribution in [0.4, 0.5) is 0 Å². The van der Waals surface area contributed by atoms with E-state index in [9.17, 15) is 79.2 Å². The fraction of sp³-hybridized carbons (Fsp3) is 0.818. The van der Waals surface area contributed by atoms with Gasteiger partial charge in [0.1, 0.15) is 23.1 Å². The van der Waals surface area contributed by atoms with E-state index in [1.165, 1.54) is 28.4 Å². The highest BCUT2D eigenvalue weighted by molar-refractivity contribution is 5.86. The van der Waals surface area contributed by atoms with E-state index >= 15 is 0 Å². The lowest BCUT2D eigenvalue weighted by atomic mass is 9.87. The molecular weight excluding hydrogens is 1380 g/mol. The summed E-state index contributed by atoms with van der Waals surface area (Å²) in [6.07, 6.45) is 46.8. The Hall–Kier alpha value is -4.80. The highest BCUT2D eigenvalue weighted by atomic mass is 16.5. The summed E-state index contributed by atoms with van der Waals surface area (Å²) in [5, 5.41) is 82.5. The van der Waals surface area contributed by atoms with Gasteiger partial charge in [-0.05, 0) is 130 Å². The van der Waals surface area contributed by atoms with Crippen molar-refractivity contribution in [2.45, 2.75) is 385 Å². The first-order valence-electron chi connectivity index (χ1n) is 41.9. The van der Waals surface area contributed by atoms with E-state index in [0.29, 0.717) is 51.4 Å². The van der Waals surface area contributed by atoms with Gasteiger partial charge in [0, 0.05) is 98.7 Å². The third kappa shape index (κ3) is 44.4. The Labute approximate surface area is 651 Å². The molecule has 4 rings (SSSR count). The normalized spacial score (nSPS) is 25.1. The van der Waals surface area contributed by atoms with Gasteiger partial charge in [-0.25, -0.2) is 0 Å². The number of carbonyl (C=O) groups is 8. The van der Waals surface area contributed by atoms with Crippen LogP contribution in [0.5, 0.6) is 0 Å². The molecule has 0 radical (unpaired) electrons. The molecule has 20 nitrogen and oxygen atoms in total. The molecule has 108 heavy (non-hydrogen) atoms. The summed E-state index contributed by atoms with van der Waals surface area (Å²) in [6, 6.07) is 0. The quantitative estimate of drug-likeness (QED) is 0.0121. The summed E-state index contributed by atoms with van der Waals surface area (Å²) < 4.78 is 18.5. The van der Waals surface area contributed by atoms with Crippen LogP contribution in [0.1, 0.15) is 338 Å². The molecule has 0 aliphatic heterocycles. The summed E-state index contributed by atoms with van der Waals surface area (Å²) in [6.45, 7) is 15.8. The second-order valence-electron chi connectivity index (χ2n) is 32.7. The molecular formula is C88H152O20. The molecule has 0 aromatic carbocycles. The van der Waals surface area contributed by atoms with Crippen molar-refractivity contribution in [1.82, 2.24) is 0 Å². The van der Waals surface area contributed by atoms with Crippen molar-refractivity contribution < 1.29 is 98.2 Å². The molecule has 0 spiro atoms. The van der Waals surface area contributed by atoms with Crippen LogP contribution < -0.4 is 0 Å². The average molecular weight is 1530 g/mol. The fourth-order valence-corrected chi connectivity index (χ4v) is 15.3. The molecule has 4 aliphatic carbocycles. The number of ether oxygens (including phenoxy) is 4. The number of rotatable bonds is 52. The maximum absolute atomic E-state index is 12.2. The van der Waals surface area contributed by atoms with Gasteiger partial charge in [-0.3, -0.25) is 38.4 Å². The first-order valence-corrected chi connectivity index (χ1v) is 41.9. The van der Waals surface area contributed by atoms with Crippen LogP contribution in [0.25, 0.3) is 0 Å². The predicted molar refractivity (Wildman–Crippen MR) is 425 cm³/mol. The molecule has 0 aromatic rings. The summed E-state index contributed by atoms with van der Waals surface area (Å²) in [5.41, 5.74) is -2.91. The summed E-state index contributed by atoms with van der Waals surface area (Å²) in [7, 11) is 5.60. The van der Waals surface area contributed by atoms with Gasteiger partial charge < -0.3 is 59.8 Å². The minimum Gasteiger partial charge on any atom is -0.469 e. The number of unbranched alkanes of at least 4 members (excludes halogenated alkanes) is 16. The summed E-state index contributed by atoms with van der Waals surface area (Å²) in [4.78, 5) is 93.3. The van der Waals surface area contributed by atoms with Crippen molar-refractivity contribution in [3.05, 3.63) is 48.6 Å². The van der Waals surface area contributed by atoms with Gasteiger partial charge in [0.25, 0.3) is 0 Å². The van der Waals surface area contributed by atoms with E-state index in [1.807, 2.05) is 76.3 Å². The molecule has 20 heteroatoms. The van der Waals surface area contributed by atoms with Crippen LogP contribution >= 0.6 is 0 Å². The number of Topliss-reactive ketones (excluding diaryl/α,β-unsaturated/α-hetero) is 4. The van der Waals surface area contributed by atoms with Gasteiger partial charge in [-0.15, -0.1) is 0 Å². The standard InChI is InChI=1S/4C22H38O5/c4*1-4-5-14-22(2,26)15-10-12-18-17(19(23)16-20(18)24)11-8-6-7-9-13-21(25)27-3/h4*10,12,17-18,20,24,26H,4-9,11,13-16H2,1-3H3/b4*12-10+/t2*17-,18-,20-,22+;2*17-,18-,20-,22-/m1010/s1. The molecule has 0 aromatic heterocycles. The Morgan fingerprint density at radius 3 is 0.657 bits per heavy atom. The minimum atomic E-state index is -0.727. The van der Waals surface area contributed by atoms with Crippen molar-refractivity contribution in [1.29, 1.82) is 0 Å². The van der Waals surface area contributed by atoms with Crippen LogP contribution in [0, 0.1) is 47.3 Å². The van der Waals surface area contributed by atoms with Crippen LogP contribution in [-0.2, 0) is 57.3 Å². The van der Waals surface area contributed by atoms with Crippen molar-refractivity contribution in [2.75, 3.05) is 28.4 Å². The van der Waals surface area contributed by atoms with Crippen LogP contribution in [0.2, 0.25) is 0 Å². The van der Waals surface area contributed by atoms with Crippen molar-refractivity contribution >= 4 is 47.0 Å². The molecule has 0 bridgehead atoms. The third-order valence-electron chi connectivity index (χ3n) is 22.4. The topological polar surface area (TPSA) is 335 Å². The molecule has 4 saturated carbocycles. The van der Waals surface area contributed by atoms with E-state index in [-0.39, 0.29) is 120 Å². The Balaban J connectivity index is 0.000000720. The summed E-state index contributed by atoms with van der Waals surface area (Å²) in [5.74, 6) is -1.22. The largest absolute Gasteiger partial charge is 0.469 e. The molecule has 624 valence electrons. The lowest BCUT2D eigenvalue weighted by molar-refractivity contribution is -0.141. The number of aliphatic hydroxyl groups excluding tert-OH is 4. The van der Waals surface area contributed by atoms with E-state index in [1.54, 1.807) is 0 Å². The van der Waals surface area contributed by atoms with E-state index < -0.39 is 46.8 Å². The smallest absolute Gasteiger partial charge is 0.305 e. The zero-order valence-corrected chi connectivity index (χ0v) is 69.1. The molecule has 0 unspecified atom stereocenters. The van der Waals surface area contributed by atoms with Crippen LogP contribution in [0.15, 0.2) is 48.6 Å². The molecule has 8 N–H and O–H groups in total. The number of esters is 4. The zero-order valence-electron chi connectivity index (χ0n) is 69.1. The maximum atomic E-state index is 12.2. The van der Waals surface area contributed by atoms with Gasteiger partial charge >= 0.3 is 23.9 Å². The monoisotopic (exact) mass is 1530 g/mol. The van der Waals surface area contributed by atoms with Gasteiger partial charge in [-0.2, -0.15) is 0 Å². The van der Waals surface area contributed by atoms with Gasteiger partial charge in [0.05, 0.1) is 75.3 Å². The molecule has 4 aliphatic rings. The summed E-state index contributed by atoms with van der Waals surface area (Å²) >= 11 is 0. The van der Waals surface area contributed by atoms with Crippen molar-refractivity contribution in [2.24, 2.45) is 47.3 Å². The van der Waals surface area contributed by atoms with Crippen molar-refractivity contribution in [3.8, 4) is 0 Å². The molecule has 0 saturated heterocycles. The predicted octanol–water partition coefficient (Wildman–Crippen LogP) is 15.8. The van der Waals surface area contributed by atoms with Gasteiger partial charge in [0.2, 0.25) is 0 Å². The van der Waals surface area contributed by atoms with Gasteiger partial charge in [0.15, 0.2) is 0 Å². The number of ketones is 4.